The number of hydrogen-bond donors (Lipinski definition) is 6. The smallest absolute Gasteiger partial charge is 0.462 e. The Bertz CT molecular complexity index is 1120. The first kappa shape index (κ1) is 53.3. The van der Waals surface area contributed by atoms with Crippen LogP contribution in [0.5, 0.6) is 0 Å². The Kier molecular flexibility index (Phi) is 31.8. The fourth-order valence-electron chi connectivity index (χ4n) is 6.44. The molecule has 0 bridgehead atoms. The van der Waals surface area contributed by atoms with E-state index >= 15 is 0 Å². The number of allylic oxidation sites excluding steroid dienone is 2. The van der Waals surface area contributed by atoms with Gasteiger partial charge in [0.1, 0.15) is 12.7 Å². The van der Waals surface area contributed by atoms with Crippen molar-refractivity contribution in [3.63, 3.8) is 0 Å². The van der Waals surface area contributed by atoms with Crippen LogP contribution in [0.2, 0.25) is 0 Å². The molecule has 0 amide bonds. The van der Waals surface area contributed by atoms with E-state index in [2.05, 4.69) is 18.4 Å². The minimum Gasteiger partial charge on any atom is -0.462 e. The van der Waals surface area contributed by atoms with Crippen molar-refractivity contribution in [2.45, 2.75) is 198 Å². The van der Waals surface area contributed by atoms with E-state index in [4.69, 9.17) is 23.8 Å². The maximum absolute atomic E-state index is 12.7. The molecule has 1 rings (SSSR count). The predicted molar refractivity (Wildman–Crippen MR) is 218 cm³/mol. The van der Waals surface area contributed by atoms with Gasteiger partial charge in [-0.15, -0.1) is 0 Å². The molecular formula is C42H77O14P. The van der Waals surface area contributed by atoms with Crippen LogP contribution in [0.15, 0.2) is 24.3 Å². The quantitative estimate of drug-likeness (QED) is 0.0160. The summed E-state index contributed by atoms with van der Waals surface area (Å²) in [6, 6.07) is 0. The number of carbonyl (C=O) groups is 2. The molecule has 334 valence electrons. The van der Waals surface area contributed by atoms with Gasteiger partial charge < -0.3 is 44.6 Å². The highest BCUT2D eigenvalue weighted by atomic mass is 31.2. The van der Waals surface area contributed by atoms with Gasteiger partial charge in [-0.3, -0.25) is 18.6 Å². The molecule has 0 spiro atoms. The molecule has 1 fully saturated rings. The molecule has 8 unspecified atom stereocenters. The summed E-state index contributed by atoms with van der Waals surface area (Å²) < 4.78 is 38.3. The predicted octanol–water partition coefficient (Wildman–Crippen LogP) is 7.11. The lowest BCUT2D eigenvalue weighted by Gasteiger charge is -2.36. The first-order valence-electron chi connectivity index (χ1n) is 21.7. The van der Waals surface area contributed by atoms with Crippen molar-refractivity contribution in [1.29, 1.82) is 0 Å². The first-order valence-corrected chi connectivity index (χ1v) is 23.2. The summed E-state index contributed by atoms with van der Waals surface area (Å²) in [7, 11) is -4.69. The third-order valence-corrected chi connectivity index (χ3v) is 10.9. The highest BCUT2D eigenvalue weighted by molar-refractivity contribution is 7.47. The van der Waals surface area contributed by atoms with E-state index in [9.17, 15) is 39.5 Å². The van der Waals surface area contributed by atoms with Crippen LogP contribution in [-0.2, 0) is 37.4 Å². The molecule has 0 aromatic rings. The molecule has 1 aliphatic rings. The monoisotopic (exact) mass is 837 g/mol. The van der Waals surface area contributed by atoms with Crippen molar-refractivity contribution < 1.29 is 67.8 Å². The van der Waals surface area contributed by atoms with Crippen LogP contribution in [0.4, 0.5) is 0 Å². The normalized spacial score (nSPS) is 21.4. The Labute approximate surface area is 342 Å². The Morgan fingerprint density at radius 1 is 0.772 bits per heavy atom. The van der Waals surface area contributed by atoms with Crippen molar-refractivity contribution in [3.05, 3.63) is 24.3 Å². The minimum absolute atomic E-state index is 0.00758. The largest absolute Gasteiger partial charge is 0.472 e. The van der Waals surface area contributed by atoms with Gasteiger partial charge in [0.05, 0.1) is 38.1 Å². The number of phosphoric acid groups is 1. The lowest BCUT2D eigenvalue weighted by molar-refractivity contribution is -0.199. The van der Waals surface area contributed by atoms with Crippen LogP contribution >= 0.6 is 7.82 Å². The molecule has 0 aliphatic carbocycles. The number of aliphatic hydroxyl groups is 5. The van der Waals surface area contributed by atoms with Gasteiger partial charge >= 0.3 is 19.8 Å². The fraction of sp³-hybridized carbons (Fsp3) is 0.857. The van der Waals surface area contributed by atoms with Crippen molar-refractivity contribution in [2.24, 2.45) is 5.92 Å². The molecule has 1 heterocycles. The van der Waals surface area contributed by atoms with Crippen LogP contribution in [0.3, 0.4) is 0 Å². The standard InChI is InChI=1S/C42H77O14P/c1-3-5-7-8-9-10-11-12-13-14-15-16-21-25-40(47)52-32-36(33-54-57(50,51)53-31-35(45)30-43)55-41(48)26-22-18-17-20-24-37-38(46)29-42(49)56-39(37)28-27-34(44)23-19-6-4-2/h17,20,27-28,34-39,42-46,49H,3-16,18-19,21-26,29-33H2,1-2H3,(H,50,51)/b20-17-,28-27+. The summed E-state index contributed by atoms with van der Waals surface area (Å²) >= 11 is 0. The van der Waals surface area contributed by atoms with Gasteiger partial charge in [0.15, 0.2) is 12.4 Å². The number of unbranched alkanes of at least 4 members (excludes halogenated alkanes) is 15. The molecule has 57 heavy (non-hydrogen) atoms. The molecule has 15 heteroatoms. The Hall–Kier alpha value is -1.71. The van der Waals surface area contributed by atoms with Crippen molar-refractivity contribution >= 4 is 19.8 Å². The van der Waals surface area contributed by atoms with E-state index in [1.807, 2.05) is 12.2 Å². The summed E-state index contributed by atoms with van der Waals surface area (Å²) in [4.78, 5) is 35.2. The second-order valence-corrected chi connectivity index (χ2v) is 16.7. The van der Waals surface area contributed by atoms with Crippen LogP contribution in [0, 0.1) is 5.92 Å². The van der Waals surface area contributed by atoms with Crippen molar-refractivity contribution in [3.8, 4) is 0 Å². The number of ether oxygens (including phenoxy) is 3. The van der Waals surface area contributed by atoms with Gasteiger partial charge in [-0.1, -0.05) is 134 Å². The summed E-state index contributed by atoms with van der Waals surface area (Å²) in [5, 5.41) is 49.3. The van der Waals surface area contributed by atoms with Gasteiger partial charge in [-0.2, -0.15) is 0 Å². The molecule has 6 N–H and O–H groups in total. The fourth-order valence-corrected chi connectivity index (χ4v) is 7.23. The van der Waals surface area contributed by atoms with E-state index in [0.717, 1.165) is 38.5 Å². The van der Waals surface area contributed by atoms with Crippen LogP contribution in [0.1, 0.15) is 162 Å². The average molecular weight is 837 g/mol. The Morgan fingerprint density at radius 2 is 1.35 bits per heavy atom. The first-order chi connectivity index (χ1) is 27.4. The highest BCUT2D eigenvalue weighted by Gasteiger charge is 2.35. The average Bonchev–Trinajstić information content (AvgIpc) is 3.18. The number of phosphoric ester groups is 1. The van der Waals surface area contributed by atoms with E-state index in [-0.39, 0.29) is 25.2 Å². The van der Waals surface area contributed by atoms with Crippen molar-refractivity contribution in [2.75, 3.05) is 26.4 Å². The van der Waals surface area contributed by atoms with Crippen LogP contribution < -0.4 is 0 Å². The van der Waals surface area contributed by atoms with E-state index in [1.54, 1.807) is 12.2 Å². The number of esters is 2. The van der Waals surface area contributed by atoms with Crippen LogP contribution in [0.25, 0.3) is 0 Å². The van der Waals surface area contributed by atoms with Gasteiger partial charge in [0.2, 0.25) is 0 Å². The lowest BCUT2D eigenvalue weighted by Crippen LogP contribution is -2.43. The van der Waals surface area contributed by atoms with E-state index < -0.39 is 83.0 Å². The summed E-state index contributed by atoms with van der Waals surface area (Å²) in [5.41, 5.74) is 0. The number of carbonyl (C=O) groups excluding carboxylic acids is 2. The SMILES string of the molecule is CCCCCCCCCCCCCCCC(=O)OCC(COP(=O)(O)OCC(O)CO)OC(=O)CCC/C=C\CC1C(O)CC(O)OC1/C=C/C(O)CCCCC. The molecule has 0 aromatic heterocycles. The lowest BCUT2D eigenvalue weighted by atomic mass is 9.87. The van der Waals surface area contributed by atoms with E-state index in [0.29, 0.717) is 32.1 Å². The third-order valence-electron chi connectivity index (χ3n) is 9.90. The third kappa shape index (κ3) is 29.2. The zero-order chi connectivity index (χ0) is 42.2. The van der Waals surface area contributed by atoms with Crippen molar-refractivity contribution in [1.82, 2.24) is 0 Å². The maximum atomic E-state index is 12.7. The zero-order valence-electron chi connectivity index (χ0n) is 34.8. The maximum Gasteiger partial charge on any atom is 0.472 e. The van der Waals surface area contributed by atoms with Gasteiger partial charge in [0, 0.05) is 25.2 Å². The van der Waals surface area contributed by atoms with Gasteiger partial charge in [0.25, 0.3) is 0 Å². The molecular weight excluding hydrogens is 759 g/mol. The molecule has 0 aromatic carbocycles. The summed E-state index contributed by atoms with van der Waals surface area (Å²) in [5.74, 6) is -1.45. The van der Waals surface area contributed by atoms with Gasteiger partial charge in [-0.25, -0.2) is 4.57 Å². The van der Waals surface area contributed by atoms with Gasteiger partial charge in [-0.05, 0) is 32.1 Å². The molecule has 0 radical (unpaired) electrons. The second-order valence-electron chi connectivity index (χ2n) is 15.3. The number of aliphatic hydroxyl groups excluding tert-OH is 5. The van der Waals surface area contributed by atoms with E-state index in [1.165, 1.54) is 57.8 Å². The number of hydrogen-bond acceptors (Lipinski definition) is 13. The molecule has 1 aliphatic heterocycles. The molecule has 14 nitrogen and oxygen atoms in total. The molecule has 1 saturated heterocycles. The second kappa shape index (κ2) is 34.0. The zero-order valence-corrected chi connectivity index (χ0v) is 35.7. The topological polar surface area (TPSA) is 219 Å². The molecule has 8 atom stereocenters. The van der Waals surface area contributed by atoms with Crippen LogP contribution in [-0.4, -0.2) is 106 Å². The highest BCUT2D eigenvalue weighted by Crippen LogP contribution is 2.43. The summed E-state index contributed by atoms with van der Waals surface area (Å²) in [6.07, 6.45) is 21.9. The summed E-state index contributed by atoms with van der Waals surface area (Å²) in [6.45, 7) is 1.96. The molecule has 0 saturated carbocycles. The Balaban J connectivity index is 2.53. The minimum atomic E-state index is -4.69. The number of rotatable bonds is 36. The Morgan fingerprint density at radius 3 is 1.98 bits per heavy atom.